The molecule has 94 valence electrons. The van der Waals surface area contributed by atoms with Crippen LogP contribution >= 0.6 is 11.8 Å². The van der Waals surface area contributed by atoms with Gasteiger partial charge in [0, 0.05) is 5.56 Å². The fraction of sp³-hybridized carbons (Fsp3) is 0. The monoisotopic (exact) mass is 272 g/mol. The van der Waals surface area contributed by atoms with Gasteiger partial charge in [-0.3, -0.25) is 4.79 Å². The number of fused-ring (bicyclic) bond motifs is 1. The van der Waals surface area contributed by atoms with E-state index < -0.39 is 0 Å². The van der Waals surface area contributed by atoms with Crippen LogP contribution in [0.15, 0.2) is 52.3 Å². The Labute approximate surface area is 113 Å². The van der Waals surface area contributed by atoms with Gasteiger partial charge < -0.3 is 5.11 Å². The molecule has 1 aliphatic heterocycles. The van der Waals surface area contributed by atoms with E-state index in [1.54, 1.807) is 36.4 Å². The molecule has 0 fully saturated rings. The third-order valence-corrected chi connectivity index (χ3v) is 3.98. The first-order chi connectivity index (χ1) is 9.15. The third kappa shape index (κ3) is 2.15. The van der Waals surface area contributed by atoms with Crippen LogP contribution in [0.5, 0.6) is 5.75 Å². The molecule has 0 saturated heterocycles. The number of Topliss-reactive ketones (excluding diaryl/α,β-unsaturated/α-hetero) is 1. The van der Waals surface area contributed by atoms with Crippen molar-refractivity contribution < 1.29 is 14.3 Å². The molecule has 0 unspecified atom stereocenters. The molecule has 0 atom stereocenters. The second-order valence-electron chi connectivity index (χ2n) is 4.15. The summed E-state index contributed by atoms with van der Waals surface area (Å²) in [4.78, 5) is 13.0. The molecule has 1 aliphatic rings. The Morgan fingerprint density at radius 1 is 1.11 bits per heavy atom. The van der Waals surface area contributed by atoms with Crippen molar-refractivity contribution in [3.63, 3.8) is 0 Å². The summed E-state index contributed by atoms with van der Waals surface area (Å²) in [6.45, 7) is 0. The minimum absolute atomic E-state index is 0.160. The van der Waals surface area contributed by atoms with Crippen LogP contribution in [0.4, 0.5) is 4.39 Å². The first-order valence-electron chi connectivity index (χ1n) is 5.67. The number of hydrogen-bond acceptors (Lipinski definition) is 3. The second kappa shape index (κ2) is 4.55. The highest BCUT2D eigenvalue weighted by molar-refractivity contribution is 8.04. The van der Waals surface area contributed by atoms with E-state index in [4.69, 9.17) is 0 Å². The summed E-state index contributed by atoms with van der Waals surface area (Å²) >= 11 is 1.14. The topological polar surface area (TPSA) is 37.3 Å². The fourth-order valence-electron chi connectivity index (χ4n) is 1.90. The standard InChI is InChI=1S/C15H9FO2S/c16-12-3-1-2-11-14(18)13(19-15(11)12)8-9-4-6-10(17)7-5-9/h1-8,17H/b13-8+. The number of rotatable bonds is 1. The van der Waals surface area contributed by atoms with E-state index >= 15 is 0 Å². The molecule has 0 aromatic heterocycles. The molecular formula is C15H9FO2S. The van der Waals surface area contributed by atoms with Crippen molar-refractivity contribution in [1.82, 2.24) is 0 Å². The summed E-state index contributed by atoms with van der Waals surface area (Å²) in [6, 6.07) is 11.0. The predicted octanol–water partition coefficient (Wildman–Crippen LogP) is 3.86. The van der Waals surface area contributed by atoms with Crippen molar-refractivity contribution >= 4 is 23.6 Å². The zero-order chi connectivity index (χ0) is 13.4. The number of carbonyl (C=O) groups excluding carboxylic acids is 1. The predicted molar refractivity (Wildman–Crippen MR) is 72.7 cm³/mol. The molecule has 2 aromatic carbocycles. The number of ketones is 1. The third-order valence-electron chi connectivity index (χ3n) is 2.84. The number of carbonyl (C=O) groups is 1. The van der Waals surface area contributed by atoms with Gasteiger partial charge in [-0.15, -0.1) is 0 Å². The number of hydrogen-bond donors (Lipinski definition) is 1. The van der Waals surface area contributed by atoms with Gasteiger partial charge in [-0.25, -0.2) is 4.39 Å². The molecule has 0 aliphatic carbocycles. The lowest BCUT2D eigenvalue weighted by molar-refractivity contribution is 0.104. The van der Waals surface area contributed by atoms with Crippen LogP contribution in [0.25, 0.3) is 6.08 Å². The number of halogens is 1. The highest BCUT2D eigenvalue weighted by Gasteiger charge is 2.28. The van der Waals surface area contributed by atoms with E-state index in [0.29, 0.717) is 15.4 Å². The van der Waals surface area contributed by atoms with Gasteiger partial charge in [0.25, 0.3) is 0 Å². The summed E-state index contributed by atoms with van der Waals surface area (Å²) in [6.07, 6.45) is 1.70. The van der Waals surface area contributed by atoms with E-state index in [2.05, 4.69) is 0 Å². The lowest BCUT2D eigenvalue weighted by Crippen LogP contribution is -1.94. The maximum absolute atomic E-state index is 13.6. The summed E-state index contributed by atoms with van der Waals surface area (Å²) in [5.74, 6) is -0.362. The summed E-state index contributed by atoms with van der Waals surface area (Å²) < 4.78 is 13.6. The fourth-order valence-corrected chi connectivity index (χ4v) is 2.95. The smallest absolute Gasteiger partial charge is 0.200 e. The molecule has 1 N–H and O–H groups in total. The molecule has 0 amide bonds. The number of thioether (sulfide) groups is 1. The zero-order valence-electron chi connectivity index (χ0n) is 9.76. The largest absolute Gasteiger partial charge is 0.508 e. The molecule has 0 spiro atoms. The van der Waals surface area contributed by atoms with Crippen LogP contribution in [0.3, 0.4) is 0 Å². The van der Waals surface area contributed by atoms with Crippen LogP contribution < -0.4 is 0 Å². The van der Waals surface area contributed by atoms with Gasteiger partial charge in [0.05, 0.1) is 9.80 Å². The van der Waals surface area contributed by atoms with Crippen molar-refractivity contribution in [2.24, 2.45) is 0 Å². The number of benzene rings is 2. The lowest BCUT2D eigenvalue weighted by atomic mass is 10.1. The highest BCUT2D eigenvalue weighted by Crippen LogP contribution is 2.42. The van der Waals surface area contributed by atoms with E-state index in [1.165, 1.54) is 12.1 Å². The number of phenols is 1. The second-order valence-corrected chi connectivity index (χ2v) is 5.20. The Bertz CT molecular complexity index is 690. The first kappa shape index (κ1) is 12.0. The van der Waals surface area contributed by atoms with Crippen molar-refractivity contribution in [3.8, 4) is 5.75 Å². The van der Waals surface area contributed by atoms with Crippen LogP contribution in [0, 0.1) is 5.82 Å². The maximum Gasteiger partial charge on any atom is 0.200 e. The number of allylic oxidation sites excluding steroid dienone is 1. The minimum atomic E-state index is -0.370. The van der Waals surface area contributed by atoms with Gasteiger partial charge in [0.2, 0.25) is 5.78 Å². The molecule has 2 nitrogen and oxygen atoms in total. The van der Waals surface area contributed by atoms with E-state index in [0.717, 1.165) is 17.3 Å². The van der Waals surface area contributed by atoms with Crippen LogP contribution in [-0.4, -0.2) is 10.9 Å². The summed E-state index contributed by atoms with van der Waals surface area (Å²) in [5, 5.41) is 9.21. The minimum Gasteiger partial charge on any atom is -0.508 e. The van der Waals surface area contributed by atoms with Crippen molar-refractivity contribution in [2.45, 2.75) is 4.90 Å². The summed E-state index contributed by atoms with van der Waals surface area (Å²) in [5.41, 5.74) is 1.21. The van der Waals surface area contributed by atoms with Gasteiger partial charge in [-0.1, -0.05) is 30.0 Å². The van der Waals surface area contributed by atoms with Crippen molar-refractivity contribution in [3.05, 3.63) is 64.3 Å². The van der Waals surface area contributed by atoms with Crippen LogP contribution in [0.2, 0.25) is 0 Å². The molecule has 19 heavy (non-hydrogen) atoms. The lowest BCUT2D eigenvalue weighted by Gasteiger charge is -1.96. The summed E-state index contributed by atoms with van der Waals surface area (Å²) in [7, 11) is 0. The Balaban J connectivity index is 2.00. The average molecular weight is 272 g/mol. The molecular weight excluding hydrogens is 263 g/mol. The maximum atomic E-state index is 13.6. The highest BCUT2D eigenvalue weighted by atomic mass is 32.2. The van der Waals surface area contributed by atoms with Crippen molar-refractivity contribution in [2.75, 3.05) is 0 Å². The Kier molecular flexibility index (Phi) is 2.87. The normalized spacial score (nSPS) is 15.8. The number of aromatic hydroxyl groups is 1. The van der Waals surface area contributed by atoms with Crippen LogP contribution in [0.1, 0.15) is 15.9 Å². The number of phenolic OH excluding ortho intramolecular Hbond substituents is 1. The zero-order valence-corrected chi connectivity index (χ0v) is 10.6. The first-order valence-corrected chi connectivity index (χ1v) is 6.48. The van der Waals surface area contributed by atoms with Gasteiger partial charge in [-0.05, 0) is 35.9 Å². The quantitative estimate of drug-likeness (QED) is 0.801. The van der Waals surface area contributed by atoms with Gasteiger partial charge in [-0.2, -0.15) is 0 Å². The van der Waals surface area contributed by atoms with E-state index in [-0.39, 0.29) is 17.3 Å². The Morgan fingerprint density at radius 2 is 1.84 bits per heavy atom. The molecule has 0 saturated carbocycles. The molecule has 0 bridgehead atoms. The SMILES string of the molecule is O=C1/C(=C\c2ccc(O)cc2)Sc2c(F)cccc21. The van der Waals surface area contributed by atoms with Gasteiger partial charge in [0.1, 0.15) is 11.6 Å². The van der Waals surface area contributed by atoms with E-state index in [9.17, 15) is 14.3 Å². The average Bonchev–Trinajstić information content (AvgIpc) is 2.72. The molecule has 1 heterocycles. The van der Waals surface area contributed by atoms with Gasteiger partial charge >= 0.3 is 0 Å². The van der Waals surface area contributed by atoms with Crippen LogP contribution in [-0.2, 0) is 0 Å². The Morgan fingerprint density at radius 3 is 2.53 bits per heavy atom. The van der Waals surface area contributed by atoms with Crippen molar-refractivity contribution in [1.29, 1.82) is 0 Å². The van der Waals surface area contributed by atoms with Gasteiger partial charge in [0.15, 0.2) is 0 Å². The molecule has 2 aromatic rings. The van der Waals surface area contributed by atoms with E-state index in [1.807, 2.05) is 0 Å². The molecule has 0 radical (unpaired) electrons. The molecule has 3 rings (SSSR count). The Hall–Kier alpha value is -2.07. The molecule has 4 heteroatoms.